The van der Waals surface area contributed by atoms with Crippen molar-refractivity contribution >= 4 is 39.1 Å². The molecule has 0 bridgehead atoms. The van der Waals surface area contributed by atoms with Crippen LogP contribution in [0.2, 0.25) is 5.02 Å². The number of carbonyl (C=O) groups excluding carboxylic acids is 2. The lowest BCUT2D eigenvalue weighted by Gasteiger charge is -2.31. The van der Waals surface area contributed by atoms with Crippen molar-refractivity contribution in [2.75, 3.05) is 23.7 Å². The topological polar surface area (TPSA) is 86.8 Å². The number of halogens is 2. The Morgan fingerprint density at radius 1 is 1.16 bits per heavy atom. The van der Waals surface area contributed by atoms with E-state index in [1.165, 1.54) is 17.0 Å². The third kappa shape index (κ3) is 7.20. The Hall–Kier alpha value is -2.65. The number of benzene rings is 2. The van der Waals surface area contributed by atoms with Crippen molar-refractivity contribution in [3.63, 3.8) is 0 Å². The number of nitrogens with one attached hydrogen (secondary N) is 1. The van der Waals surface area contributed by atoms with Crippen molar-refractivity contribution in [1.82, 2.24) is 10.2 Å². The van der Waals surface area contributed by atoms with Crippen LogP contribution in [0.3, 0.4) is 0 Å². The highest BCUT2D eigenvalue weighted by Crippen LogP contribution is 2.20. The maximum Gasteiger partial charge on any atom is 0.244 e. The van der Waals surface area contributed by atoms with E-state index >= 15 is 0 Å². The van der Waals surface area contributed by atoms with Crippen molar-refractivity contribution < 1.29 is 22.4 Å². The molecule has 0 saturated heterocycles. The van der Waals surface area contributed by atoms with Gasteiger partial charge in [0.15, 0.2) is 0 Å². The largest absolute Gasteiger partial charge is 0.354 e. The van der Waals surface area contributed by atoms with Crippen LogP contribution in [0.4, 0.5) is 10.1 Å². The SMILES string of the molecule is CCCNC(=O)[C@H](C)N(Cc1cccc(Cl)c1)C(=O)CN(c1ccc(F)cc1)S(C)(=O)=O. The molecule has 7 nitrogen and oxygen atoms in total. The quantitative estimate of drug-likeness (QED) is 0.562. The van der Waals surface area contributed by atoms with Gasteiger partial charge < -0.3 is 10.2 Å². The summed E-state index contributed by atoms with van der Waals surface area (Å²) in [4.78, 5) is 27.2. The van der Waals surface area contributed by atoms with Crippen molar-refractivity contribution in [3.05, 3.63) is 64.9 Å². The number of hydrogen-bond donors (Lipinski definition) is 1. The van der Waals surface area contributed by atoms with Crippen LogP contribution in [0, 0.1) is 5.82 Å². The highest BCUT2D eigenvalue weighted by molar-refractivity contribution is 7.92. The van der Waals surface area contributed by atoms with Crippen LogP contribution in [0.5, 0.6) is 0 Å². The molecule has 0 radical (unpaired) electrons. The van der Waals surface area contributed by atoms with E-state index < -0.39 is 34.3 Å². The van der Waals surface area contributed by atoms with Gasteiger partial charge in [-0.2, -0.15) is 0 Å². The Bertz CT molecular complexity index is 1050. The number of nitrogens with zero attached hydrogens (tertiary/aromatic N) is 2. The standard InChI is InChI=1S/C22H27ClFN3O4S/c1-4-12-25-22(29)16(2)26(14-17-6-5-7-18(23)13-17)21(28)15-27(32(3,30)31)20-10-8-19(24)9-11-20/h5-11,13,16H,4,12,14-15H2,1-3H3,(H,25,29)/t16-/m0/s1. The summed E-state index contributed by atoms with van der Waals surface area (Å²) in [6, 6.07) is 10.8. The molecular weight excluding hydrogens is 457 g/mol. The highest BCUT2D eigenvalue weighted by Gasteiger charge is 2.30. The summed E-state index contributed by atoms with van der Waals surface area (Å²) < 4.78 is 39.0. The number of carbonyl (C=O) groups is 2. The summed E-state index contributed by atoms with van der Waals surface area (Å²) in [7, 11) is -3.86. The fourth-order valence-electron chi connectivity index (χ4n) is 3.03. The van der Waals surface area contributed by atoms with Gasteiger partial charge in [-0.1, -0.05) is 30.7 Å². The molecule has 1 atom stereocenters. The van der Waals surface area contributed by atoms with Gasteiger partial charge in [0.25, 0.3) is 0 Å². The van der Waals surface area contributed by atoms with Gasteiger partial charge in [0.1, 0.15) is 18.4 Å². The molecule has 0 spiro atoms. The van der Waals surface area contributed by atoms with Crippen LogP contribution in [0.1, 0.15) is 25.8 Å². The first-order chi connectivity index (χ1) is 15.0. The van der Waals surface area contributed by atoms with Crippen molar-refractivity contribution in [1.29, 1.82) is 0 Å². The minimum absolute atomic E-state index is 0.0567. The molecule has 1 N–H and O–H groups in total. The normalized spacial score (nSPS) is 12.2. The second-order valence-electron chi connectivity index (χ2n) is 7.36. The monoisotopic (exact) mass is 483 g/mol. The van der Waals surface area contributed by atoms with Crippen molar-refractivity contribution in [2.45, 2.75) is 32.9 Å². The lowest BCUT2D eigenvalue weighted by molar-refractivity contribution is -0.139. The van der Waals surface area contributed by atoms with Gasteiger partial charge in [0, 0.05) is 18.1 Å². The molecule has 0 unspecified atom stereocenters. The first-order valence-electron chi connectivity index (χ1n) is 10.1. The van der Waals surface area contributed by atoms with E-state index in [1.54, 1.807) is 31.2 Å². The van der Waals surface area contributed by atoms with Gasteiger partial charge in [0.2, 0.25) is 21.8 Å². The maximum absolute atomic E-state index is 13.3. The molecular formula is C22H27ClFN3O4S. The third-order valence-electron chi connectivity index (χ3n) is 4.75. The molecule has 0 aliphatic carbocycles. The van der Waals surface area contributed by atoms with Gasteiger partial charge in [-0.15, -0.1) is 0 Å². The summed E-state index contributed by atoms with van der Waals surface area (Å²) >= 11 is 6.05. The summed E-state index contributed by atoms with van der Waals surface area (Å²) in [6.07, 6.45) is 1.69. The van der Waals surface area contributed by atoms with Crippen LogP contribution in [0.15, 0.2) is 48.5 Å². The zero-order valence-electron chi connectivity index (χ0n) is 18.2. The van der Waals surface area contributed by atoms with Gasteiger partial charge in [0.05, 0.1) is 11.9 Å². The first-order valence-corrected chi connectivity index (χ1v) is 12.3. The number of rotatable bonds is 10. The summed E-state index contributed by atoms with van der Waals surface area (Å²) in [5.41, 5.74) is 0.835. The molecule has 2 amide bonds. The number of hydrogen-bond acceptors (Lipinski definition) is 4. The molecule has 0 aliphatic rings. The van der Waals surface area contributed by atoms with Crippen LogP contribution in [-0.4, -0.2) is 50.5 Å². The zero-order chi connectivity index (χ0) is 23.9. The molecule has 0 heterocycles. The van der Waals surface area contributed by atoms with E-state index in [0.717, 1.165) is 29.1 Å². The molecule has 0 aromatic heterocycles. The van der Waals surface area contributed by atoms with Gasteiger partial charge in [-0.25, -0.2) is 12.8 Å². The van der Waals surface area contributed by atoms with Gasteiger partial charge in [-0.05, 0) is 55.3 Å². The minimum atomic E-state index is -3.86. The van der Waals surface area contributed by atoms with E-state index in [4.69, 9.17) is 11.6 Å². The summed E-state index contributed by atoms with van der Waals surface area (Å²) in [5, 5.41) is 3.23. The molecule has 10 heteroatoms. The molecule has 2 aromatic rings. The zero-order valence-corrected chi connectivity index (χ0v) is 19.8. The Labute approximate surface area is 193 Å². The second-order valence-corrected chi connectivity index (χ2v) is 9.71. The molecule has 174 valence electrons. The lowest BCUT2D eigenvalue weighted by atomic mass is 10.1. The average molecular weight is 484 g/mol. The van der Waals surface area contributed by atoms with Crippen LogP contribution in [0.25, 0.3) is 0 Å². The highest BCUT2D eigenvalue weighted by atomic mass is 35.5. The Kier molecular flexibility index (Phi) is 9.03. The molecule has 2 aromatic carbocycles. The van der Waals surface area contributed by atoms with Crippen molar-refractivity contribution in [2.24, 2.45) is 0 Å². The van der Waals surface area contributed by atoms with E-state index in [0.29, 0.717) is 17.1 Å². The van der Waals surface area contributed by atoms with Crippen LogP contribution >= 0.6 is 11.6 Å². The summed E-state index contributed by atoms with van der Waals surface area (Å²) in [6.45, 7) is 3.45. The smallest absolute Gasteiger partial charge is 0.244 e. The van der Waals surface area contributed by atoms with Crippen molar-refractivity contribution in [3.8, 4) is 0 Å². The average Bonchev–Trinajstić information content (AvgIpc) is 2.73. The van der Waals surface area contributed by atoms with E-state index in [-0.39, 0.29) is 18.1 Å². The fraction of sp³-hybridized carbons (Fsp3) is 0.364. The third-order valence-corrected chi connectivity index (χ3v) is 6.13. The Balaban J connectivity index is 2.35. The van der Waals surface area contributed by atoms with Gasteiger partial charge in [-0.3, -0.25) is 13.9 Å². The van der Waals surface area contributed by atoms with Gasteiger partial charge >= 0.3 is 0 Å². The van der Waals surface area contributed by atoms with E-state index in [1.807, 2.05) is 6.92 Å². The number of amides is 2. The minimum Gasteiger partial charge on any atom is -0.354 e. The number of sulfonamides is 1. The Morgan fingerprint density at radius 3 is 2.38 bits per heavy atom. The second kappa shape index (κ2) is 11.3. The lowest BCUT2D eigenvalue weighted by Crippen LogP contribution is -2.51. The molecule has 0 saturated carbocycles. The predicted molar refractivity (Wildman–Crippen MR) is 123 cm³/mol. The molecule has 0 fully saturated rings. The Morgan fingerprint density at radius 2 is 1.81 bits per heavy atom. The first kappa shape index (κ1) is 25.6. The predicted octanol–water partition coefficient (Wildman–Crippen LogP) is 3.19. The van der Waals surface area contributed by atoms with Crippen LogP contribution < -0.4 is 9.62 Å². The molecule has 0 aliphatic heterocycles. The maximum atomic E-state index is 13.3. The number of anilines is 1. The fourth-order valence-corrected chi connectivity index (χ4v) is 4.09. The molecule has 2 rings (SSSR count). The van der Waals surface area contributed by atoms with Crippen LogP contribution in [-0.2, 0) is 26.2 Å². The van der Waals surface area contributed by atoms with E-state index in [2.05, 4.69) is 5.32 Å². The molecule has 32 heavy (non-hydrogen) atoms. The summed E-state index contributed by atoms with van der Waals surface area (Å²) in [5.74, 6) is -1.47. The van der Waals surface area contributed by atoms with E-state index in [9.17, 15) is 22.4 Å².